The molecule has 0 atom stereocenters. The highest BCUT2D eigenvalue weighted by molar-refractivity contribution is 7.99. The lowest BCUT2D eigenvalue weighted by Crippen LogP contribution is -2.48. The Morgan fingerprint density at radius 2 is 1.88 bits per heavy atom. The van der Waals surface area contributed by atoms with E-state index in [0.717, 1.165) is 37.9 Å². The Labute approximate surface area is 152 Å². The second-order valence-corrected chi connectivity index (χ2v) is 7.63. The Balaban J connectivity index is 1.23. The lowest BCUT2D eigenvalue weighted by Gasteiger charge is -2.34. The number of aromatic nitrogens is 3. The van der Waals surface area contributed by atoms with E-state index in [2.05, 4.69) is 43.9 Å². The van der Waals surface area contributed by atoms with Crippen molar-refractivity contribution in [1.29, 1.82) is 0 Å². The van der Waals surface area contributed by atoms with Crippen LogP contribution in [0.4, 0.5) is 0 Å². The molecule has 0 radical (unpaired) electrons. The highest BCUT2D eigenvalue weighted by Gasteiger charge is 2.27. The number of carbonyl (C=O) groups excluding carboxylic acids is 1. The van der Waals surface area contributed by atoms with Crippen LogP contribution in [-0.2, 0) is 11.3 Å². The number of thioether (sulfide) groups is 1. The summed E-state index contributed by atoms with van der Waals surface area (Å²) in [6.07, 6.45) is 4.18. The number of benzene rings is 1. The molecule has 1 aliphatic heterocycles. The number of piperazine rings is 1. The SMILES string of the molecule is O=C(CSc1nncn1C1CC1)N1CCN(Cc2ccccc2)CC1. The van der Waals surface area contributed by atoms with Crippen molar-refractivity contribution < 1.29 is 4.79 Å². The monoisotopic (exact) mass is 357 g/mol. The smallest absolute Gasteiger partial charge is 0.233 e. The third-order valence-electron chi connectivity index (χ3n) is 4.78. The molecule has 1 aliphatic carbocycles. The molecular formula is C18H23N5OS. The first-order valence-corrected chi connectivity index (χ1v) is 9.84. The second-order valence-electron chi connectivity index (χ2n) is 6.68. The average Bonchev–Trinajstić information content (AvgIpc) is 3.39. The number of hydrogen-bond acceptors (Lipinski definition) is 5. The van der Waals surface area contributed by atoms with Gasteiger partial charge in [-0.05, 0) is 18.4 Å². The topological polar surface area (TPSA) is 54.3 Å². The normalized spacial score (nSPS) is 18.5. The fraction of sp³-hybridized carbons (Fsp3) is 0.500. The Bertz CT molecular complexity index is 707. The molecule has 0 spiro atoms. The van der Waals surface area contributed by atoms with Crippen LogP contribution in [0.1, 0.15) is 24.4 Å². The van der Waals surface area contributed by atoms with E-state index in [-0.39, 0.29) is 5.91 Å². The molecule has 4 rings (SSSR count). The molecule has 25 heavy (non-hydrogen) atoms. The molecule has 0 unspecified atom stereocenters. The summed E-state index contributed by atoms with van der Waals surface area (Å²) in [5, 5.41) is 9.01. The molecule has 2 heterocycles. The molecule has 1 saturated carbocycles. The molecule has 2 fully saturated rings. The molecule has 6 nitrogen and oxygen atoms in total. The number of hydrogen-bond donors (Lipinski definition) is 0. The van der Waals surface area contributed by atoms with Crippen LogP contribution in [0.15, 0.2) is 41.8 Å². The minimum Gasteiger partial charge on any atom is -0.339 e. The molecular weight excluding hydrogens is 334 g/mol. The van der Waals surface area contributed by atoms with Gasteiger partial charge in [0.05, 0.1) is 5.75 Å². The Morgan fingerprint density at radius 1 is 1.12 bits per heavy atom. The third kappa shape index (κ3) is 4.22. The van der Waals surface area contributed by atoms with Crippen LogP contribution in [0.25, 0.3) is 0 Å². The summed E-state index contributed by atoms with van der Waals surface area (Å²) in [7, 11) is 0. The number of carbonyl (C=O) groups is 1. The van der Waals surface area contributed by atoms with E-state index in [1.807, 2.05) is 11.0 Å². The Morgan fingerprint density at radius 3 is 2.60 bits per heavy atom. The molecule has 0 N–H and O–H groups in total. The van der Waals surface area contributed by atoms with Gasteiger partial charge in [-0.15, -0.1) is 10.2 Å². The van der Waals surface area contributed by atoms with Gasteiger partial charge in [-0.3, -0.25) is 9.69 Å². The van der Waals surface area contributed by atoms with Gasteiger partial charge >= 0.3 is 0 Å². The average molecular weight is 357 g/mol. The first-order chi connectivity index (χ1) is 12.3. The first-order valence-electron chi connectivity index (χ1n) is 8.86. The van der Waals surface area contributed by atoms with E-state index in [0.29, 0.717) is 11.8 Å². The van der Waals surface area contributed by atoms with E-state index in [1.165, 1.54) is 30.2 Å². The summed E-state index contributed by atoms with van der Waals surface area (Å²) in [5.74, 6) is 0.652. The molecule has 7 heteroatoms. The molecule has 0 bridgehead atoms. The minimum atomic E-state index is 0.203. The fourth-order valence-electron chi connectivity index (χ4n) is 3.15. The Kier molecular flexibility index (Phi) is 5.03. The van der Waals surface area contributed by atoms with E-state index in [1.54, 1.807) is 6.33 Å². The zero-order valence-electron chi connectivity index (χ0n) is 14.3. The molecule has 132 valence electrons. The summed E-state index contributed by atoms with van der Waals surface area (Å²) < 4.78 is 2.11. The molecule has 1 saturated heterocycles. The van der Waals surface area contributed by atoms with E-state index in [4.69, 9.17) is 0 Å². The summed E-state index contributed by atoms with van der Waals surface area (Å²) in [6.45, 7) is 4.44. The van der Waals surface area contributed by atoms with Crippen LogP contribution in [0.5, 0.6) is 0 Å². The van der Waals surface area contributed by atoms with Crippen LogP contribution >= 0.6 is 11.8 Å². The molecule has 1 aromatic carbocycles. The number of amides is 1. The van der Waals surface area contributed by atoms with Gasteiger partial charge in [0.2, 0.25) is 5.91 Å². The van der Waals surface area contributed by atoms with Crippen LogP contribution < -0.4 is 0 Å². The highest BCUT2D eigenvalue weighted by Crippen LogP contribution is 2.37. The number of nitrogens with zero attached hydrogens (tertiary/aromatic N) is 5. The molecule has 1 amide bonds. The van der Waals surface area contributed by atoms with E-state index in [9.17, 15) is 4.79 Å². The van der Waals surface area contributed by atoms with Crippen molar-refractivity contribution in [3.8, 4) is 0 Å². The van der Waals surface area contributed by atoms with Crippen molar-refractivity contribution in [3.05, 3.63) is 42.2 Å². The molecule has 1 aromatic heterocycles. The standard InChI is InChI=1S/C18H23N5OS/c24-17(13-25-18-20-19-14-23(18)16-6-7-16)22-10-8-21(9-11-22)12-15-4-2-1-3-5-15/h1-5,14,16H,6-13H2. The minimum absolute atomic E-state index is 0.203. The fourth-order valence-corrected chi connectivity index (χ4v) is 4.04. The van der Waals surface area contributed by atoms with Crippen LogP contribution in [-0.4, -0.2) is 62.4 Å². The zero-order chi connectivity index (χ0) is 17.1. The maximum absolute atomic E-state index is 12.5. The van der Waals surface area contributed by atoms with Crippen molar-refractivity contribution in [3.63, 3.8) is 0 Å². The maximum Gasteiger partial charge on any atom is 0.233 e. The lowest BCUT2D eigenvalue weighted by molar-refractivity contribution is -0.130. The summed E-state index contributed by atoms with van der Waals surface area (Å²) >= 11 is 1.51. The molecule has 2 aliphatic rings. The van der Waals surface area contributed by atoms with Crippen LogP contribution in [0, 0.1) is 0 Å². The van der Waals surface area contributed by atoms with Gasteiger partial charge in [-0.2, -0.15) is 0 Å². The van der Waals surface area contributed by atoms with Crippen molar-refractivity contribution >= 4 is 17.7 Å². The largest absolute Gasteiger partial charge is 0.339 e. The van der Waals surface area contributed by atoms with Gasteiger partial charge in [0, 0.05) is 38.8 Å². The molecule has 2 aromatic rings. The first kappa shape index (κ1) is 16.6. The third-order valence-corrected chi connectivity index (χ3v) is 5.72. The van der Waals surface area contributed by atoms with Gasteiger partial charge in [0.1, 0.15) is 6.33 Å². The summed E-state index contributed by atoms with van der Waals surface area (Å²) in [5.41, 5.74) is 1.33. The Hall–Kier alpha value is -1.86. The van der Waals surface area contributed by atoms with Crippen LogP contribution in [0.3, 0.4) is 0 Å². The van der Waals surface area contributed by atoms with E-state index < -0.39 is 0 Å². The highest BCUT2D eigenvalue weighted by atomic mass is 32.2. The van der Waals surface area contributed by atoms with Crippen molar-refractivity contribution in [2.75, 3.05) is 31.9 Å². The van der Waals surface area contributed by atoms with Gasteiger partial charge in [0.15, 0.2) is 5.16 Å². The van der Waals surface area contributed by atoms with Crippen LogP contribution in [0.2, 0.25) is 0 Å². The number of rotatable bonds is 6. The van der Waals surface area contributed by atoms with Gasteiger partial charge in [-0.1, -0.05) is 42.1 Å². The van der Waals surface area contributed by atoms with Crippen molar-refractivity contribution in [2.45, 2.75) is 30.6 Å². The van der Waals surface area contributed by atoms with Gasteiger partial charge in [-0.25, -0.2) is 0 Å². The van der Waals surface area contributed by atoms with Crippen molar-refractivity contribution in [2.24, 2.45) is 0 Å². The van der Waals surface area contributed by atoms with Gasteiger partial charge < -0.3 is 9.47 Å². The second kappa shape index (κ2) is 7.58. The predicted molar refractivity (Wildman–Crippen MR) is 97.3 cm³/mol. The lowest BCUT2D eigenvalue weighted by atomic mass is 10.2. The summed E-state index contributed by atoms with van der Waals surface area (Å²) in [4.78, 5) is 16.9. The maximum atomic E-state index is 12.5. The zero-order valence-corrected chi connectivity index (χ0v) is 15.1. The predicted octanol–water partition coefficient (Wildman–Crippen LogP) is 2.05. The van der Waals surface area contributed by atoms with Gasteiger partial charge in [0.25, 0.3) is 0 Å². The summed E-state index contributed by atoms with van der Waals surface area (Å²) in [6, 6.07) is 11.1. The van der Waals surface area contributed by atoms with E-state index >= 15 is 0 Å². The quantitative estimate of drug-likeness (QED) is 0.741. The van der Waals surface area contributed by atoms with Crippen molar-refractivity contribution in [1.82, 2.24) is 24.6 Å².